The van der Waals surface area contributed by atoms with Gasteiger partial charge in [-0.05, 0) is 26.0 Å². The lowest BCUT2D eigenvalue weighted by Crippen LogP contribution is -2.29. The number of ether oxygens (including phenoxy) is 2. The number of benzene rings is 1. The van der Waals surface area contributed by atoms with E-state index in [1.54, 1.807) is 9.42 Å². The summed E-state index contributed by atoms with van der Waals surface area (Å²) in [5.41, 5.74) is 4.82. The van der Waals surface area contributed by atoms with Gasteiger partial charge in [0.25, 0.3) is 5.91 Å². The maximum atomic E-state index is 13.3. The van der Waals surface area contributed by atoms with E-state index < -0.39 is 0 Å². The molecule has 1 saturated heterocycles. The molecule has 4 heterocycles. The Morgan fingerprint density at radius 3 is 2.77 bits per heavy atom. The van der Waals surface area contributed by atoms with Crippen LogP contribution in [0, 0.1) is 13.8 Å². The maximum Gasteiger partial charge on any atom is 0.258 e. The first-order valence-corrected chi connectivity index (χ1v) is 10.6. The number of aryl methyl sites for hydroxylation is 2. The Balaban J connectivity index is 1.41. The summed E-state index contributed by atoms with van der Waals surface area (Å²) in [6.07, 6.45) is 1.75. The summed E-state index contributed by atoms with van der Waals surface area (Å²) in [4.78, 5) is 19.8. The molecule has 156 valence electrons. The lowest BCUT2D eigenvalue weighted by molar-refractivity contribution is 0.0249. The Labute approximate surface area is 179 Å². The number of nitrogens with zero attached hydrogens (tertiary/aromatic N) is 4. The first-order valence-electron chi connectivity index (χ1n) is 10.2. The molecule has 2 aliphatic rings. The van der Waals surface area contributed by atoms with E-state index >= 15 is 0 Å². The largest absolute Gasteiger partial charge is 0.489 e. The second-order valence-corrected chi connectivity index (χ2v) is 8.22. The molecule has 0 atom stereocenters. The number of hydrogen-bond donors (Lipinski definition) is 0. The van der Waals surface area contributed by atoms with Crippen molar-refractivity contribution in [2.75, 3.05) is 13.2 Å². The molecule has 0 radical (unpaired) electrons. The van der Waals surface area contributed by atoms with Gasteiger partial charge in [0, 0.05) is 18.4 Å². The fraction of sp³-hybridized carbons (Fsp3) is 0.409. The standard InChI is InChI=1S/C22H23ClN4O3/c1-13-20(23)14(2)27-21(24-13)17-11-26(12-18(17)25-27)22(28)16-5-3-4-6-19(16)30-15-7-9-29-10-8-15/h3-6,15H,7-12H2,1-2H3. The number of carbonyl (C=O) groups is 1. The quantitative estimate of drug-likeness (QED) is 0.638. The van der Waals surface area contributed by atoms with Crippen LogP contribution in [0.4, 0.5) is 0 Å². The summed E-state index contributed by atoms with van der Waals surface area (Å²) in [5.74, 6) is 0.570. The minimum atomic E-state index is -0.0591. The molecule has 7 nitrogen and oxygen atoms in total. The summed E-state index contributed by atoms with van der Waals surface area (Å²) < 4.78 is 13.4. The average Bonchev–Trinajstić information content (AvgIpc) is 3.32. The molecule has 2 aliphatic heterocycles. The summed E-state index contributed by atoms with van der Waals surface area (Å²) in [7, 11) is 0. The molecule has 1 fully saturated rings. The van der Waals surface area contributed by atoms with Gasteiger partial charge in [0.1, 0.15) is 11.9 Å². The lowest BCUT2D eigenvalue weighted by Gasteiger charge is -2.25. The Kier molecular flexibility index (Phi) is 4.87. The molecule has 2 aromatic heterocycles. The molecule has 8 heteroatoms. The Hall–Kier alpha value is -2.64. The van der Waals surface area contributed by atoms with Crippen LogP contribution in [0.3, 0.4) is 0 Å². The smallest absolute Gasteiger partial charge is 0.258 e. The van der Waals surface area contributed by atoms with E-state index in [-0.39, 0.29) is 12.0 Å². The normalized spacial score (nSPS) is 16.8. The fourth-order valence-electron chi connectivity index (χ4n) is 4.15. The minimum Gasteiger partial charge on any atom is -0.489 e. The highest BCUT2D eigenvalue weighted by atomic mass is 35.5. The van der Waals surface area contributed by atoms with Gasteiger partial charge in [0.15, 0.2) is 5.65 Å². The second kappa shape index (κ2) is 7.56. The van der Waals surface area contributed by atoms with E-state index in [1.165, 1.54) is 0 Å². The number of rotatable bonds is 3. The number of carbonyl (C=O) groups excluding carboxylic acids is 1. The molecular weight excluding hydrogens is 404 g/mol. The molecule has 0 aliphatic carbocycles. The van der Waals surface area contributed by atoms with Crippen LogP contribution < -0.4 is 4.74 Å². The van der Waals surface area contributed by atoms with Crippen molar-refractivity contribution in [3.63, 3.8) is 0 Å². The van der Waals surface area contributed by atoms with E-state index in [9.17, 15) is 4.79 Å². The zero-order chi connectivity index (χ0) is 20.8. The third-order valence-corrected chi connectivity index (χ3v) is 6.37. The molecule has 1 aromatic carbocycles. The van der Waals surface area contributed by atoms with E-state index in [2.05, 4.69) is 10.1 Å². The number of fused-ring (bicyclic) bond motifs is 3. The van der Waals surface area contributed by atoms with Gasteiger partial charge in [-0.15, -0.1) is 0 Å². The van der Waals surface area contributed by atoms with Crippen molar-refractivity contribution in [2.45, 2.75) is 45.9 Å². The van der Waals surface area contributed by atoms with Gasteiger partial charge >= 0.3 is 0 Å². The Bertz CT molecular complexity index is 1140. The number of aromatic nitrogens is 3. The minimum absolute atomic E-state index is 0.0591. The van der Waals surface area contributed by atoms with Gasteiger partial charge in [-0.25, -0.2) is 9.50 Å². The van der Waals surface area contributed by atoms with Crippen LogP contribution in [-0.4, -0.2) is 44.7 Å². The molecule has 1 amide bonds. The molecule has 5 rings (SSSR count). The van der Waals surface area contributed by atoms with Crippen molar-refractivity contribution in [1.29, 1.82) is 0 Å². The zero-order valence-corrected chi connectivity index (χ0v) is 17.8. The summed E-state index contributed by atoms with van der Waals surface area (Å²) in [6.45, 7) is 6.11. The van der Waals surface area contributed by atoms with Gasteiger partial charge in [-0.1, -0.05) is 23.7 Å². The van der Waals surface area contributed by atoms with Crippen LogP contribution in [-0.2, 0) is 17.8 Å². The van der Waals surface area contributed by atoms with Crippen molar-refractivity contribution in [3.8, 4) is 5.75 Å². The molecule has 0 bridgehead atoms. The van der Waals surface area contributed by atoms with Gasteiger partial charge in [-0.3, -0.25) is 4.79 Å². The number of para-hydroxylation sites is 1. The van der Waals surface area contributed by atoms with Crippen LogP contribution in [0.2, 0.25) is 5.02 Å². The van der Waals surface area contributed by atoms with Gasteiger partial charge in [0.2, 0.25) is 0 Å². The Morgan fingerprint density at radius 2 is 1.97 bits per heavy atom. The monoisotopic (exact) mass is 426 g/mol. The zero-order valence-electron chi connectivity index (χ0n) is 17.0. The van der Waals surface area contributed by atoms with Crippen molar-refractivity contribution in [3.05, 3.63) is 57.5 Å². The van der Waals surface area contributed by atoms with Gasteiger partial charge in [-0.2, -0.15) is 5.10 Å². The number of halogens is 1. The fourth-order valence-corrected chi connectivity index (χ4v) is 4.27. The molecule has 3 aromatic rings. The van der Waals surface area contributed by atoms with Crippen LogP contribution in [0.25, 0.3) is 5.65 Å². The third kappa shape index (κ3) is 3.22. The molecule has 0 N–H and O–H groups in total. The topological polar surface area (TPSA) is 69.0 Å². The highest BCUT2D eigenvalue weighted by Crippen LogP contribution is 2.31. The predicted molar refractivity (Wildman–Crippen MR) is 112 cm³/mol. The predicted octanol–water partition coefficient (Wildman–Crippen LogP) is 3.71. The molecular formula is C22H23ClN4O3. The summed E-state index contributed by atoms with van der Waals surface area (Å²) >= 11 is 6.33. The second-order valence-electron chi connectivity index (χ2n) is 7.84. The van der Waals surface area contributed by atoms with E-state index in [1.807, 2.05) is 38.1 Å². The van der Waals surface area contributed by atoms with Crippen LogP contribution in [0.5, 0.6) is 5.75 Å². The van der Waals surface area contributed by atoms with Crippen molar-refractivity contribution in [1.82, 2.24) is 19.5 Å². The SMILES string of the molecule is Cc1nc2c3c(nn2c(C)c1Cl)CN(C(=O)c1ccccc1OC1CCOCC1)C3. The van der Waals surface area contributed by atoms with Crippen LogP contribution in [0.15, 0.2) is 24.3 Å². The van der Waals surface area contributed by atoms with E-state index in [0.29, 0.717) is 42.6 Å². The highest BCUT2D eigenvalue weighted by molar-refractivity contribution is 6.31. The maximum absolute atomic E-state index is 13.3. The average molecular weight is 427 g/mol. The Morgan fingerprint density at radius 1 is 1.20 bits per heavy atom. The first-order chi connectivity index (χ1) is 14.5. The summed E-state index contributed by atoms with van der Waals surface area (Å²) in [5, 5.41) is 5.29. The van der Waals surface area contributed by atoms with Crippen molar-refractivity contribution in [2.24, 2.45) is 0 Å². The van der Waals surface area contributed by atoms with E-state index in [4.69, 9.17) is 21.1 Å². The lowest BCUT2D eigenvalue weighted by atomic mass is 10.1. The molecule has 0 saturated carbocycles. The molecule has 0 unspecified atom stereocenters. The van der Waals surface area contributed by atoms with Crippen molar-refractivity contribution < 1.29 is 14.3 Å². The van der Waals surface area contributed by atoms with E-state index in [0.717, 1.165) is 41.1 Å². The number of amides is 1. The van der Waals surface area contributed by atoms with Gasteiger partial charge in [0.05, 0.1) is 54.0 Å². The van der Waals surface area contributed by atoms with Crippen molar-refractivity contribution >= 4 is 23.2 Å². The summed E-state index contributed by atoms with van der Waals surface area (Å²) in [6, 6.07) is 7.46. The highest BCUT2D eigenvalue weighted by Gasteiger charge is 2.32. The number of hydrogen-bond acceptors (Lipinski definition) is 5. The third-order valence-electron chi connectivity index (χ3n) is 5.82. The first kappa shape index (κ1) is 19.3. The molecule has 0 spiro atoms. The molecule has 30 heavy (non-hydrogen) atoms. The van der Waals surface area contributed by atoms with Crippen LogP contribution in [0.1, 0.15) is 45.8 Å². The van der Waals surface area contributed by atoms with Gasteiger partial charge < -0.3 is 14.4 Å². The van der Waals surface area contributed by atoms with Crippen LogP contribution >= 0.6 is 11.6 Å².